The van der Waals surface area contributed by atoms with Crippen LogP contribution in [0.5, 0.6) is 5.75 Å². The molecule has 0 spiro atoms. The fraction of sp³-hybridized carbons (Fsp3) is 0.0652. The van der Waals surface area contributed by atoms with Gasteiger partial charge in [0.1, 0.15) is 11.9 Å². The quantitative estimate of drug-likeness (QED) is 0.190. The van der Waals surface area contributed by atoms with E-state index in [0.717, 1.165) is 50.8 Å². The van der Waals surface area contributed by atoms with Crippen molar-refractivity contribution in [1.29, 1.82) is 0 Å². The van der Waals surface area contributed by atoms with Crippen LogP contribution >= 0.6 is 0 Å². The summed E-state index contributed by atoms with van der Waals surface area (Å²) in [4.78, 5) is 15.5. The minimum atomic E-state index is -0.187. The molecule has 0 saturated heterocycles. The third kappa shape index (κ3) is 4.38. The molecule has 240 valence electrons. The highest BCUT2D eigenvalue weighted by molar-refractivity contribution is 5.95. The van der Waals surface area contributed by atoms with E-state index in [9.17, 15) is 0 Å². The topological polar surface area (TPSA) is 52.8 Å². The lowest BCUT2D eigenvalue weighted by molar-refractivity contribution is 0.228. The predicted molar refractivity (Wildman–Crippen MR) is 206 cm³/mol. The number of para-hydroxylation sites is 1. The average molecular weight is 655 g/mol. The minimum Gasteiger partial charge on any atom is -0.483 e. The summed E-state index contributed by atoms with van der Waals surface area (Å²) in [6.07, 6.45) is 11.9. The van der Waals surface area contributed by atoms with Crippen LogP contribution in [0.4, 0.5) is 0 Å². The summed E-state index contributed by atoms with van der Waals surface area (Å²) < 4.78 is 9.40. The Bertz CT molecular complexity index is 2740. The van der Waals surface area contributed by atoms with Crippen molar-refractivity contribution in [1.82, 2.24) is 19.5 Å². The number of fused-ring (bicyclic) bond motifs is 8. The van der Waals surface area contributed by atoms with Gasteiger partial charge in [0.15, 0.2) is 17.5 Å². The minimum absolute atomic E-state index is 0.00141. The Balaban J connectivity index is 1.07. The van der Waals surface area contributed by atoms with Crippen molar-refractivity contribution < 1.29 is 4.74 Å². The van der Waals surface area contributed by atoms with Crippen LogP contribution < -0.4 is 4.74 Å². The monoisotopic (exact) mass is 654 g/mol. The summed E-state index contributed by atoms with van der Waals surface area (Å²) in [6, 6.07) is 44.6. The third-order valence-corrected chi connectivity index (χ3v) is 10.6. The third-order valence-electron chi connectivity index (χ3n) is 10.6. The molecule has 0 N–H and O–H groups in total. The summed E-state index contributed by atoms with van der Waals surface area (Å²) in [7, 11) is 0. The summed E-state index contributed by atoms with van der Waals surface area (Å²) in [5.74, 6) is 2.75. The molecule has 0 amide bonds. The number of nitrogens with zero attached hydrogens (tertiary/aromatic N) is 4. The van der Waals surface area contributed by atoms with E-state index in [1.807, 2.05) is 0 Å². The number of hydrogen-bond acceptors (Lipinski definition) is 4. The van der Waals surface area contributed by atoms with E-state index in [4.69, 9.17) is 19.7 Å². The second-order valence-electron chi connectivity index (χ2n) is 13.5. The van der Waals surface area contributed by atoms with Gasteiger partial charge in [-0.25, -0.2) is 15.0 Å². The summed E-state index contributed by atoms with van der Waals surface area (Å²) in [5, 5.41) is 5.93. The molecule has 0 radical (unpaired) electrons. The van der Waals surface area contributed by atoms with E-state index in [1.54, 1.807) is 0 Å². The van der Waals surface area contributed by atoms with E-state index < -0.39 is 0 Å². The highest BCUT2D eigenvalue weighted by Crippen LogP contribution is 2.49. The lowest BCUT2D eigenvalue weighted by atomic mass is 9.90. The molecule has 11 rings (SSSR count). The Morgan fingerprint density at radius 2 is 1.29 bits per heavy atom. The van der Waals surface area contributed by atoms with Gasteiger partial charge in [-0.2, -0.15) is 0 Å². The predicted octanol–water partition coefficient (Wildman–Crippen LogP) is 10.7. The van der Waals surface area contributed by atoms with Gasteiger partial charge in [0.25, 0.3) is 0 Å². The first-order chi connectivity index (χ1) is 25.3. The number of benzene rings is 6. The molecule has 1 aliphatic heterocycles. The van der Waals surface area contributed by atoms with Crippen LogP contribution in [0.15, 0.2) is 152 Å². The van der Waals surface area contributed by atoms with E-state index in [2.05, 4.69) is 162 Å². The van der Waals surface area contributed by atoms with E-state index >= 15 is 0 Å². The molecule has 3 aliphatic rings. The first-order valence-corrected chi connectivity index (χ1v) is 17.5. The standard InChI is InChI=1S/C46H30N4O/c1-3-12-30-26-32(24-22-28(30)10-1)44-47-45(33-25-23-29-11-2-4-13-31(29)27-33)49-46(48-44)37-17-9-21-41-42(37)36-16-8-20-40(43(36)51-41)50-38-18-6-5-14-34(38)35-15-7-19-39(35)50/h1-18,20-27,40,43H,19H2. The van der Waals surface area contributed by atoms with Gasteiger partial charge in [-0.1, -0.05) is 134 Å². The van der Waals surface area contributed by atoms with Gasteiger partial charge in [-0.05, 0) is 45.8 Å². The van der Waals surface area contributed by atoms with Crippen LogP contribution in [0.1, 0.15) is 22.9 Å². The average Bonchev–Trinajstić information content (AvgIpc) is 3.91. The summed E-state index contributed by atoms with van der Waals surface area (Å²) >= 11 is 0. The van der Waals surface area contributed by atoms with E-state index in [0.29, 0.717) is 17.5 Å². The Kier molecular flexibility index (Phi) is 6.07. The van der Waals surface area contributed by atoms with Gasteiger partial charge in [0.2, 0.25) is 0 Å². The summed E-state index contributed by atoms with van der Waals surface area (Å²) in [6.45, 7) is 0. The number of aromatic nitrogens is 4. The zero-order chi connectivity index (χ0) is 33.5. The Hall–Kier alpha value is -6.59. The first-order valence-electron chi connectivity index (χ1n) is 17.5. The highest BCUT2D eigenvalue weighted by Gasteiger charge is 2.40. The molecule has 6 aromatic carbocycles. The van der Waals surface area contributed by atoms with Crippen molar-refractivity contribution in [3.63, 3.8) is 0 Å². The van der Waals surface area contributed by atoms with Crippen LogP contribution in [0.2, 0.25) is 0 Å². The molecule has 5 nitrogen and oxygen atoms in total. The molecular weight excluding hydrogens is 625 g/mol. The second kappa shape index (κ2) is 11.0. The van der Waals surface area contributed by atoms with Crippen LogP contribution in [0.3, 0.4) is 0 Å². The van der Waals surface area contributed by atoms with Crippen LogP contribution in [-0.4, -0.2) is 25.6 Å². The molecule has 2 atom stereocenters. The van der Waals surface area contributed by atoms with Crippen molar-refractivity contribution in [2.24, 2.45) is 0 Å². The molecule has 8 aromatic rings. The van der Waals surface area contributed by atoms with Gasteiger partial charge in [0.05, 0.1) is 6.04 Å². The molecule has 2 aromatic heterocycles. The second-order valence-corrected chi connectivity index (χ2v) is 13.5. The van der Waals surface area contributed by atoms with Crippen LogP contribution in [0, 0.1) is 0 Å². The van der Waals surface area contributed by atoms with Gasteiger partial charge < -0.3 is 9.30 Å². The van der Waals surface area contributed by atoms with Gasteiger partial charge in [-0.3, -0.25) is 0 Å². The number of hydrogen-bond donors (Lipinski definition) is 0. The Morgan fingerprint density at radius 1 is 0.627 bits per heavy atom. The molecular formula is C46H30N4O. The maximum absolute atomic E-state index is 6.91. The van der Waals surface area contributed by atoms with Crippen molar-refractivity contribution in [3.05, 3.63) is 169 Å². The fourth-order valence-electron chi connectivity index (χ4n) is 8.26. The zero-order valence-corrected chi connectivity index (χ0v) is 27.6. The van der Waals surface area contributed by atoms with E-state index in [-0.39, 0.29) is 12.1 Å². The maximum atomic E-state index is 6.91. The molecule has 5 heteroatoms. The van der Waals surface area contributed by atoms with Gasteiger partial charge in [-0.15, -0.1) is 0 Å². The van der Waals surface area contributed by atoms with Crippen molar-refractivity contribution in [3.8, 4) is 39.9 Å². The molecule has 3 heterocycles. The van der Waals surface area contributed by atoms with E-state index in [1.165, 1.54) is 32.9 Å². The maximum Gasteiger partial charge on any atom is 0.164 e. The van der Waals surface area contributed by atoms with Crippen molar-refractivity contribution in [2.45, 2.75) is 18.6 Å². The molecule has 2 unspecified atom stereocenters. The molecule has 2 aliphatic carbocycles. The molecule has 51 heavy (non-hydrogen) atoms. The number of ether oxygens (including phenoxy) is 1. The lowest BCUT2D eigenvalue weighted by Crippen LogP contribution is -2.28. The lowest BCUT2D eigenvalue weighted by Gasteiger charge is -2.28. The van der Waals surface area contributed by atoms with Crippen LogP contribution in [0.25, 0.3) is 78.3 Å². The zero-order valence-electron chi connectivity index (χ0n) is 27.6. The Labute approximate surface area is 294 Å². The Morgan fingerprint density at radius 3 is 2.04 bits per heavy atom. The van der Waals surface area contributed by atoms with Gasteiger partial charge >= 0.3 is 0 Å². The number of allylic oxidation sites excluding steroid dienone is 3. The molecule has 0 saturated carbocycles. The SMILES string of the molecule is C1=CC(n2c3c(c4ccccc42)C=CC3)C2Oc3cccc(-c4nc(-c5ccc6ccccc6c5)nc(-c5ccc6ccccc6c5)n4)c3C2=C1. The van der Waals surface area contributed by atoms with Crippen LogP contribution in [-0.2, 0) is 6.42 Å². The normalized spacial score (nSPS) is 17.1. The number of rotatable bonds is 4. The molecule has 0 bridgehead atoms. The van der Waals surface area contributed by atoms with Crippen molar-refractivity contribution >= 4 is 44.1 Å². The highest BCUT2D eigenvalue weighted by atomic mass is 16.5. The molecule has 0 fully saturated rings. The van der Waals surface area contributed by atoms with Crippen molar-refractivity contribution in [2.75, 3.05) is 0 Å². The fourth-order valence-corrected chi connectivity index (χ4v) is 8.26. The van der Waals surface area contributed by atoms with Gasteiger partial charge in [0, 0.05) is 56.4 Å². The smallest absolute Gasteiger partial charge is 0.164 e. The first kappa shape index (κ1) is 28.3. The summed E-state index contributed by atoms with van der Waals surface area (Å²) in [5.41, 5.74) is 8.91. The largest absolute Gasteiger partial charge is 0.483 e.